The van der Waals surface area contributed by atoms with Crippen LogP contribution in [-0.4, -0.2) is 28.1 Å². The molecule has 20 heavy (non-hydrogen) atoms. The molecule has 1 aromatic heterocycles. The molecule has 6 nitrogen and oxygen atoms in total. The van der Waals surface area contributed by atoms with Gasteiger partial charge in [-0.25, -0.2) is 0 Å². The van der Waals surface area contributed by atoms with Crippen molar-refractivity contribution < 1.29 is 9.59 Å². The van der Waals surface area contributed by atoms with Gasteiger partial charge < -0.3 is 5.32 Å². The smallest absolute Gasteiger partial charge is 0.262 e. The molecule has 0 unspecified atom stereocenters. The van der Waals surface area contributed by atoms with E-state index in [0.29, 0.717) is 16.9 Å². The van der Waals surface area contributed by atoms with E-state index in [1.54, 1.807) is 30.1 Å². The minimum Gasteiger partial charge on any atom is -0.323 e. The van der Waals surface area contributed by atoms with Crippen LogP contribution in [0.2, 0.25) is 0 Å². The number of para-hydroxylation sites is 1. The summed E-state index contributed by atoms with van der Waals surface area (Å²) >= 11 is 3.42. The van der Waals surface area contributed by atoms with Gasteiger partial charge in [-0.3, -0.25) is 19.2 Å². The van der Waals surface area contributed by atoms with Crippen LogP contribution in [0.25, 0.3) is 0 Å². The molecular formula is C13H11BrN4O2. The molecule has 0 bridgehead atoms. The van der Waals surface area contributed by atoms with Crippen LogP contribution in [0, 0.1) is 0 Å². The third-order valence-corrected chi connectivity index (χ3v) is 3.67. The molecule has 1 aromatic carbocycles. The number of nitrogens with one attached hydrogen (secondary N) is 1. The van der Waals surface area contributed by atoms with Crippen LogP contribution < -0.4 is 10.2 Å². The van der Waals surface area contributed by atoms with Crippen molar-refractivity contribution in [2.24, 2.45) is 7.05 Å². The number of carbonyl (C=O) groups excluding carboxylic acids is 2. The second kappa shape index (κ2) is 4.75. The normalized spacial score (nSPS) is 13.9. The van der Waals surface area contributed by atoms with Gasteiger partial charge in [-0.1, -0.05) is 6.07 Å². The third-order valence-electron chi connectivity index (χ3n) is 3.03. The summed E-state index contributed by atoms with van der Waals surface area (Å²) < 4.78 is 2.31. The number of amides is 2. The van der Waals surface area contributed by atoms with Gasteiger partial charge in [0, 0.05) is 17.7 Å². The molecule has 2 heterocycles. The van der Waals surface area contributed by atoms with Crippen LogP contribution in [0.5, 0.6) is 0 Å². The van der Waals surface area contributed by atoms with E-state index >= 15 is 0 Å². The first-order valence-corrected chi connectivity index (χ1v) is 6.74. The Bertz CT molecular complexity index is 710. The molecule has 102 valence electrons. The lowest BCUT2D eigenvalue weighted by molar-refractivity contribution is -0.115. The number of anilines is 2. The van der Waals surface area contributed by atoms with E-state index in [9.17, 15) is 9.59 Å². The highest BCUT2D eigenvalue weighted by atomic mass is 79.9. The van der Waals surface area contributed by atoms with Crippen LogP contribution in [0.4, 0.5) is 11.4 Å². The van der Waals surface area contributed by atoms with Crippen LogP contribution in [0.1, 0.15) is 10.4 Å². The van der Waals surface area contributed by atoms with Gasteiger partial charge in [0.05, 0.1) is 23.1 Å². The molecule has 2 amide bonds. The minimum absolute atomic E-state index is 0.0106. The first-order valence-electron chi connectivity index (χ1n) is 5.95. The molecule has 0 fully saturated rings. The number of hydrogen-bond acceptors (Lipinski definition) is 3. The number of halogens is 1. The van der Waals surface area contributed by atoms with Crippen molar-refractivity contribution in [1.82, 2.24) is 9.78 Å². The Labute approximate surface area is 123 Å². The predicted octanol–water partition coefficient (Wildman–Crippen LogP) is 1.78. The van der Waals surface area contributed by atoms with Gasteiger partial charge in [0.2, 0.25) is 5.91 Å². The summed E-state index contributed by atoms with van der Waals surface area (Å²) in [5.74, 6) is -0.464. The van der Waals surface area contributed by atoms with Gasteiger partial charge in [-0.15, -0.1) is 0 Å². The van der Waals surface area contributed by atoms with E-state index in [2.05, 4.69) is 26.3 Å². The van der Waals surface area contributed by atoms with E-state index in [1.807, 2.05) is 6.07 Å². The number of aromatic nitrogens is 2. The number of nitrogens with zero attached hydrogens (tertiary/aromatic N) is 3. The molecule has 0 atom stereocenters. The average Bonchev–Trinajstić information content (AvgIpc) is 2.83. The zero-order valence-corrected chi connectivity index (χ0v) is 12.2. The molecule has 1 N–H and O–H groups in total. The SMILES string of the molecule is Cn1cc(C(=O)N2CC(=O)Nc3cccc(Br)c32)cn1. The molecule has 0 saturated carbocycles. The van der Waals surface area contributed by atoms with E-state index in [0.717, 1.165) is 4.47 Å². The fraction of sp³-hybridized carbons (Fsp3) is 0.154. The summed E-state index contributed by atoms with van der Waals surface area (Å²) in [5.41, 5.74) is 1.73. The highest BCUT2D eigenvalue weighted by molar-refractivity contribution is 9.10. The van der Waals surface area contributed by atoms with Gasteiger partial charge in [-0.2, -0.15) is 5.10 Å². The monoisotopic (exact) mass is 334 g/mol. The van der Waals surface area contributed by atoms with Crippen LogP contribution in [0.3, 0.4) is 0 Å². The van der Waals surface area contributed by atoms with Gasteiger partial charge in [-0.05, 0) is 28.1 Å². The van der Waals surface area contributed by atoms with E-state index < -0.39 is 0 Å². The average molecular weight is 335 g/mol. The second-order valence-corrected chi connectivity index (χ2v) is 5.33. The molecule has 3 rings (SSSR count). The zero-order chi connectivity index (χ0) is 14.3. The maximum Gasteiger partial charge on any atom is 0.262 e. The topological polar surface area (TPSA) is 67.2 Å². The van der Waals surface area contributed by atoms with Crippen molar-refractivity contribution in [3.8, 4) is 0 Å². The molecule has 2 aromatic rings. The Balaban J connectivity index is 2.07. The van der Waals surface area contributed by atoms with Gasteiger partial charge in [0.1, 0.15) is 6.54 Å². The summed E-state index contributed by atoms with van der Waals surface area (Å²) in [4.78, 5) is 25.7. The van der Waals surface area contributed by atoms with Crippen molar-refractivity contribution >= 4 is 39.1 Å². The number of aryl methyl sites for hydroxylation is 1. The maximum atomic E-state index is 12.5. The Hall–Kier alpha value is -2.15. The first-order chi connectivity index (χ1) is 9.56. The molecule has 1 aliphatic heterocycles. The summed E-state index contributed by atoms with van der Waals surface area (Å²) in [7, 11) is 1.74. The predicted molar refractivity (Wildman–Crippen MR) is 77.7 cm³/mol. The number of hydrogen-bond donors (Lipinski definition) is 1. The molecular weight excluding hydrogens is 324 g/mol. The maximum absolute atomic E-state index is 12.5. The minimum atomic E-state index is -0.249. The molecule has 1 aliphatic rings. The van der Waals surface area contributed by atoms with Crippen molar-refractivity contribution in [2.75, 3.05) is 16.8 Å². The number of benzene rings is 1. The van der Waals surface area contributed by atoms with Crippen molar-refractivity contribution in [2.45, 2.75) is 0 Å². The first kappa shape index (κ1) is 12.9. The summed E-state index contributed by atoms with van der Waals surface area (Å²) in [5, 5.41) is 6.75. The standard InChI is InChI=1S/C13H11BrN4O2/c1-17-6-8(5-15-17)13(20)18-7-11(19)16-10-4-2-3-9(14)12(10)18/h2-6H,7H2,1H3,(H,16,19). The summed E-state index contributed by atoms with van der Waals surface area (Å²) in [6, 6.07) is 5.40. The van der Waals surface area contributed by atoms with Crippen molar-refractivity contribution in [1.29, 1.82) is 0 Å². The van der Waals surface area contributed by atoms with Crippen molar-refractivity contribution in [3.63, 3.8) is 0 Å². The Kier molecular flexibility index (Phi) is 3.06. The highest BCUT2D eigenvalue weighted by Crippen LogP contribution is 2.37. The number of fused-ring (bicyclic) bond motifs is 1. The molecule has 0 spiro atoms. The Morgan fingerprint density at radius 2 is 2.25 bits per heavy atom. The molecule has 0 saturated heterocycles. The number of carbonyl (C=O) groups is 2. The molecule has 0 aliphatic carbocycles. The fourth-order valence-corrected chi connectivity index (χ4v) is 2.74. The lowest BCUT2D eigenvalue weighted by Gasteiger charge is -2.29. The fourth-order valence-electron chi connectivity index (χ4n) is 2.16. The highest BCUT2D eigenvalue weighted by Gasteiger charge is 2.29. The zero-order valence-electron chi connectivity index (χ0n) is 10.6. The van der Waals surface area contributed by atoms with E-state index in [4.69, 9.17) is 0 Å². The van der Waals surface area contributed by atoms with Crippen molar-refractivity contribution in [3.05, 3.63) is 40.6 Å². The number of rotatable bonds is 1. The largest absolute Gasteiger partial charge is 0.323 e. The van der Waals surface area contributed by atoms with E-state index in [-0.39, 0.29) is 18.4 Å². The Morgan fingerprint density at radius 3 is 2.95 bits per heavy atom. The lowest BCUT2D eigenvalue weighted by Crippen LogP contribution is -2.42. The lowest BCUT2D eigenvalue weighted by atomic mass is 10.1. The van der Waals surface area contributed by atoms with E-state index in [1.165, 1.54) is 11.1 Å². The third kappa shape index (κ3) is 2.09. The Morgan fingerprint density at radius 1 is 1.45 bits per heavy atom. The van der Waals surface area contributed by atoms with Crippen LogP contribution in [0.15, 0.2) is 35.1 Å². The summed E-state index contributed by atoms with van der Waals surface area (Å²) in [6.07, 6.45) is 3.12. The van der Waals surface area contributed by atoms with Gasteiger partial charge >= 0.3 is 0 Å². The molecule has 0 radical (unpaired) electrons. The van der Waals surface area contributed by atoms with Gasteiger partial charge in [0.15, 0.2) is 0 Å². The van der Waals surface area contributed by atoms with Crippen LogP contribution >= 0.6 is 15.9 Å². The van der Waals surface area contributed by atoms with Gasteiger partial charge in [0.25, 0.3) is 5.91 Å². The molecule has 7 heteroatoms. The second-order valence-electron chi connectivity index (χ2n) is 4.48. The van der Waals surface area contributed by atoms with Crippen LogP contribution in [-0.2, 0) is 11.8 Å². The quantitative estimate of drug-likeness (QED) is 0.864. The summed E-state index contributed by atoms with van der Waals surface area (Å²) in [6.45, 7) is -0.0106.